The van der Waals surface area contributed by atoms with E-state index in [4.69, 9.17) is 0 Å². The van der Waals surface area contributed by atoms with Crippen molar-refractivity contribution in [2.45, 2.75) is 53.4 Å². The molecule has 0 heterocycles. The molecular formula is C11H23NO. The van der Waals surface area contributed by atoms with Crippen molar-refractivity contribution in [3.63, 3.8) is 0 Å². The second kappa shape index (κ2) is 6.01. The highest BCUT2D eigenvalue weighted by Crippen LogP contribution is 2.20. The predicted octanol–water partition coefficient (Wildman–Crippen LogP) is 2.73. The van der Waals surface area contributed by atoms with Gasteiger partial charge in [-0.05, 0) is 18.3 Å². The van der Waals surface area contributed by atoms with Gasteiger partial charge in [0, 0.05) is 13.0 Å². The van der Waals surface area contributed by atoms with Crippen LogP contribution in [0.25, 0.3) is 0 Å². The number of rotatable bonds is 5. The maximum absolute atomic E-state index is 10.9. The van der Waals surface area contributed by atoms with Crippen molar-refractivity contribution >= 4 is 5.91 Å². The van der Waals surface area contributed by atoms with E-state index in [9.17, 15) is 4.79 Å². The summed E-state index contributed by atoms with van der Waals surface area (Å²) in [5.41, 5.74) is 0.425. The fraction of sp³-hybridized carbons (Fsp3) is 0.909. The van der Waals surface area contributed by atoms with E-state index < -0.39 is 0 Å². The van der Waals surface area contributed by atoms with Crippen molar-refractivity contribution in [2.24, 2.45) is 5.41 Å². The Bertz CT molecular complexity index is 147. The van der Waals surface area contributed by atoms with Crippen LogP contribution in [0.1, 0.15) is 53.4 Å². The van der Waals surface area contributed by atoms with E-state index in [-0.39, 0.29) is 5.91 Å². The van der Waals surface area contributed by atoms with Crippen LogP contribution in [0.2, 0.25) is 0 Å². The Morgan fingerprint density at radius 2 is 1.85 bits per heavy atom. The minimum Gasteiger partial charge on any atom is -0.356 e. The number of carbonyl (C=O) groups excluding carboxylic acids is 1. The quantitative estimate of drug-likeness (QED) is 0.656. The first-order valence-corrected chi connectivity index (χ1v) is 5.22. The second-order valence-electron chi connectivity index (χ2n) is 4.72. The van der Waals surface area contributed by atoms with Crippen molar-refractivity contribution < 1.29 is 4.79 Å². The lowest BCUT2D eigenvalue weighted by molar-refractivity contribution is -0.120. The topological polar surface area (TPSA) is 29.1 Å². The zero-order valence-electron chi connectivity index (χ0n) is 9.44. The van der Waals surface area contributed by atoms with Gasteiger partial charge in [-0.1, -0.05) is 34.1 Å². The molecule has 2 nitrogen and oxygen atoms in total. The van der Waals surface area contributed by atoms with Gasteiger partial charge in [0.2, 0.25) is 5.91 Å². The van der Waals surface area contributed by atoms with Crippen LogP contribution in [0, 0.1) is 5.41 Å². The second-order valence-corrected chi connectivity index (χ2v) is 4.72. The monoisotopic (exact) mass is 185 g/mol. The lowest BCUT2D eigenvalue weighted by Gasteiger charge is -2.17. The van der Waals surface area contributed by atoms with Gasteiger partial charge >= 0.3 is 0 Å². The highest BCUT2D eigenvalue weighted by atomic mass is 16.1. The fourth-order valence-electron chi connectivity index (χ4n) is 1.13. The first-order chi connectivity index (χ1) is 5.95. The molecule has 78 valence electrons. The molecule has 0 unspecified atom stereocenters. The molecule has 0 bridgehead atoms. The predicted molar refractivity (Wildman–Crippen MR) is 56.6 cm³/mol. The first-order valence-electron chi connectivity index (χ1n) is 5.22. The van der Waals surface area contributed by atoms with Crippen molar-refractivity contribution in [1.82, 2.24) is 5.32 Å². The van der Waals surface area contributed by atoms with Gasteiger partial charge in [0.05, 0.1) is 0 Å². The average Bonchev–Trinajstić information content (AvgIpc) is 2.01. The Morgan fingerprint density at radius 1 is 1.23 bits per heavy atom. The molecule has 0 aliphatic rings. The molecule has 1 N–H and O–H groups in total. The number of carbonyl (C=O) groups is 1. The van der Waals surface area contributed by atoms with Crippen LogP contribution in [0.15, 0.2) is 0 Å². The van der Waals surface area contributed by atoms with Crippen molar-refractivity contribution in [3.05, 3.63) is 0 Å². The summed E-state index contributed by atoms with van der Waals surface area (Å²) in [5, 5.41) is 2.88. The molecule has 0 radical (unpaired) electrons. The zero-order chi connectivity index (χ0) is 10.3. The Labute approximate surface area is 82.1 Å². The van der Waals surface area contributed by atoms with Crippen LogP contribution in [0.5, 0.6) is 0 Å². The molecule has 1 amide bonds. The number of nitrogens with one attached hydrogen (secondary N) is 1. The normalized spacial score (nSPS) is 11.4. The summed E-state index contributed by atoms with van der Waals surface area (Å²) in [7, 11) is 0. The molecule has 0 rings (SSSR count). The van der Waals surface area contributed by atoms with E-state index in [0.29, 0.717) is 11.8 Å². The Kier molecular flexibility index (Phi) is 5.76. The number of hydrogen-bond acceptors (Lipinski definition) is 1. The summed E-state index contributed by atoms with van der Waals surface area (Å²) >= 11 is 0. The third-order valence-electron chi connectivity index (χ3n) is 2.00. The zero-order valence-corrected chi connectivity index (χ0v) is 9.44. The van der Waals surface area contributed by atoms with Gasteiger partial charge in [-0.2, -0.15) is 0 Å². The first kappa shape index (κ1) is 12.5. The van der Waals surface area contributed by atoms with Gasteiger partial charge in [-0.25, -0.2) is 0 Å². The summed E-state index contributed by atoms with van der Waals surface area (Å²) in [6.07, 6.45) is 4.13. The molecule has 0 spiro atoms. The van der Waals surface area contributed by atoms with Gasteiger partial charge in [0.1, 0.15) is 0 Å². The third-order valence-corrected chi connectivity index (χ3v) is 2.00. The Morgan fingerprint density at radius 3 is 2.31 bits per heavy atom. The average molecular weight is 185 g/mol. The largest absolute Gasteiger partial charge is 0.356 e. The van der Waals surface area contributed by atoms with E-state index in [1.807, 2.05) is 6.92 Å². The summed E-state index contributed by atoms with van der Waals surface area (Å²) in [5.74, 6) is 0.163. The maximum atomic E-state index is 10.9. The van der Waals surface area contributed by atoms with Crippen LogP contribution in [-0.4, -0.2) is 12.5 Å². The molecule has 0 aliphatic heterocycles. The molecule has 0 aromatic heterocycles. The lowest BCUT2D eigenvalue weighted by atomic mass is 9.90. The molecule has 0 saturated carbocycles. The molecule has 0 aromatic rings. The van der Waals surface area contributed by atoms with Gasteiger partial charge in [-0.15, -0.1) is 0 Å². The van der Waals surface area contributed by atoms with Crippen LogP contribution in [0.3, 0.4) is 0 Å². The Hall–Kier alpha value is -0.530. The van der Waals surface area contributed by atoms with Crippen molar-refractivity contribution in [1.29, 1.82) is 0 Å². The standard InChI is InChI=1S/C11H23NO/c1-5-10(13)12-9-7-6-8-11(2,3)4/h5-9H2,1-4H3,(H,12,13). The summed E-state index contributed by atoms with van der Waals surface area (Å²) in [4.78, 5) is 10.9. The number of hydrogen-bond donors (Lipinski definition) is 1. The van der Waals surface area contributed by atoms with Crippen molar-refractivity contribution in [3.8, 4) is 0 Å². The molecule has 0 atom stereocenters. The third kappa shape index (κ3) is 9.38. The minimum absolute atomic E-state index is 0.163. The summed E-state index contributed by atoms with van der Waals surface area (Å²) in [6, 6.07) is 0. The SMILES string of the molecule is CCC(=O)NCCCCC(C)(C)C. The summed E-state index contributed by atoms with van der Waals surface area (Å²) < 4.78 is 0. The van der Waals surface area contributed by atoms with Gasteiger partial charge in [0.15, 0.2) is 0 Å². The molecule has 0 aliphatic carbocycles. The van der Waals surface area contributed by atoms with Crippen LogP contribution in [-0.2, 0) is 4.79 Å². The van der Waals surface area contributed by atoms with E-state index in [2.05, 4.69) is 26.1 Å². The van der Waals surface area contributed by atoms with E-state index >= 15 is 0 Å². The van der Waals surface area contributed by atoms with Crippen molar-refractivity contribution in [2.75, 3.05) is 6.54 Å². The maximum Gasteiger partial charge on any atom is 0.219 e. The molecular weight excluding hydrogens is 162 g/mol. The van der Waals surface area contributed by atoms with Gasteiger partial charge in [-0.3, -0.25) is 4.79 Å². The molecule has 0 aromatic carbocycles. The number of amides is 1. The molecule has 2 heteroatoms. The highest BCUT2D eigenvalue weighted by molar-refractivity contribution is 5.75. The summed E-state index contributed by atoms with van der Waals surface area (Å²) in [6.45, 7) is 9.46. The van der Waals surface area contributed by atoms with E-state index in [1.54, 1.807) is 0 Å². The van der Waals surface area contributed by atoms with E-state index in [1.165, 1.54) is 12.8 Å². The smallest absolute Gasteiger partial charge is 0.219 e. The minimum atomic E-state index is 0.163. The van der Waals surface area contributed by atoms with E-state index in [0.717, 1.165) is 13.0 Å². The van der Waals surface area contributed by atoms with Crippen LogP contribution < -0.4 is 5.32 Å². The molecule has 0 saturated heterocycles. The Balaban J connectivity index is 3.22. The van der Waals surface area contributed by atoms with Gasteiger partial charge < -0.3 is 5.32 Å². The van der Waals surface area contributed by atoms with Gasteiger partial charge in [0.25, 0.3) is 0 Å². The lowest BCUT2D eigenvalue weighted by Crippen LogP contribution is -2.23. The number of unbranched alkanes of at least 4 members (excludes halogenated alkanes) is 1. The van der Waals surface area contributed by atoms with Crippen LogP contribution in [0.4, 0.5) is 0 Å². The fourth-order valence-corrected chi connectivity index (χ4v) is 1.13. The molecule has 0 fully saturated rings. The molecule has 13 heavy (non-hydrogen) atoms. The van der Waals surface area contributed by atoms with Crippen LogP contribution >= 0.6 is 0 Å². The highest BCUT2D eigenvalue weighted by Gasteiger charge is 2.08.